The Kier molecular flexibility index (Phi) is 4.59. The molecule has 0 aliphatic rings. The van der Waals surface area contributed by atoms with Gasteiger partial charge in [0, 0.05) is 21.3 Å². The summed E-state index contributed by atoms with van der Waals surface area (Å²) in [6.07, 6.45) is -0.191. The van der Waals surface area contributed by atoms with E-state index >= 15 is 0 Å². The molecule has 0 aliphatic heterocycles. The van der Waals surface area contributed by atoms with E-state index in [2.05, 4.69) is 22.0 Å². The van der Waals surface area contributed by atoms with E-state index in [1.165, 1.54) is 0 Å². The maximum absolute atomic E-state index is 8.93. The summed E-state index contributed by atoms with van der Waals surface area (Å²) in [5.74, 6) is 0.707. The van der Waals surface area contributed by atoms with Crippen molar-refractivity contribution in [3.05, 3.63) is 50.1 Å². The smallest absolute Gasteiger partial charge is 0.145 e. The topological polar surface area (TPSA) is 59.0 Å². The molecule has 0 fully saturated rings. The molecule has 1 unspecified atom stereocenters. The van der Waals surface area contributed by atoms with Gasteiger partial charge < -0.3 is 10.5 Å². The summed E-state index contributed by atoms with van der Waals surface area (Å²) < 4.78 is 6.97. The molecule has 0 bridgehead atoms. The first-order valence-corrected chi connectivity index (χ1v) is 7.42. The summed E-state index contributed by atoms with van der Waals surface area (Å²) in [5.41, 5.74) is 7.36. The third-order valence-electron chi connectivity index (χ3n) is 2.71. The molecule has 1 aromatic heterocycles. The highest BCUT2D eigenvalue weighted by molar-refractivity contribution is 9.10. The van der Waals surface area contributed by atoms with Gasteiger partial charge in [0.15, 0.2) is 0 Å². The van der Waals surface area contributed by atoms with Crippen molar-refractivity contribution in [1.29, 1.82) is 5.26 Å². The van der Waals surface area contributed by atoms with Gasteiger partial charge in [-0.05, 0) is 46.6 Å². The van der Waals surface area contributed by atoms with Gasteiger partial charge in [-0.3, -0.25) is 0 Å². The normalized spacial score (nSPS) is 11.9. The molecule has 19 heavy (non-hydrogen) atoms. The van der Waals surface area contributed by atoms with E-state index in [1.54, 1.807) is 23.5 Å². The molecule has 0 saturated carbocycles. The van der Waals surface area contributed by atoms with Gasteiger partial charge in [0.1, 0.15) is 11.9 Å². The zero-order valence-electron chi connectivity index (χ0n) is 10.4. The highest BCUT2D eigenvalue weighted by Crippen LogP contribution is 2.30. The fourth-order valence-corrected chi connectivity index (χ4v) is 3.16. The van der Waals surface area contributed by atoms with Gasteiger partial charge in [0.25, 0.3) is 0 Å². The van der Waals surface area contributed by atoms with E-state index in [0.717, 1.165) is 14.9 Å². The lowest BCUT2D eigenvalue weighted by molar-refractivity contribution is 0.216. The molecule has 0 radical (unpaired) electrons. The molecule has 0 aliphatic carbocycles. The van der Waals surface area contributed by atoms with Crippen LogP contribution in [0.4, 0.5) is 0 Å². The molecule has 0 spiro atoms. The van der Waals surface area contributed by atoms with Crippen LogP contribution < -0.4 is 10.5 Å². The number of nitrogens with two attached hydrogens (primary N) is 1. The van der Waals surface area contributed by atoms with Gasteiger partial charge in [-0.25, -0.2) is 0 Å². The van der Waals surface area contributed by atoms with Gasteiger partial charge in [0.05, 0.1) is 11.6 Å². The van der Waals surface area contributed by atoms with Gasteiger partial charge in [-0.2, -0.15) is 5.26 Å². The van der Waals surface area contributed by atoms with Crippen LogP contribution in [-0.2, 0) is 0 Å². The molecular formula is C14H13BrN2OS. The molecule has 2 rings (SSSR count). The summed E-state index contributed by atoms with van der Waals surface area (Å²) >= 11 is 5.02. The molecule has 3 nitrogen and oxygen atoms in total. The summed E-state index contributed by atoms with van der Waals surface area (Å²) in [6.45, 7) is 2.34. The average Bonchev–Trinajstić information content (AvgIpc) is 2.84. The highest BCUT2D eigenvalue weighted by Gasteiger charge is 2.15. The Balaban J connectivity index is 2.26. The lowest BCUT2D eigenvalue weighted by Crippen LogP contribution is -2.17. The SMILES string of the molecule is Cc1ccc(C#N)cc1OC(CN)c1cc(Br)cs1. The maximum atomic E-state index is 8.93. The number of ether oxygens (including phenoxy) is 1. The molecular weight excluding hydrogens is 324 g/mol. The number of nitrogens with zero attached hydrogens (tertiary/aromatic N) is 1. The molecule has 1 heterocycles. The molecule has 0 saturated heterocycles. The van der Waals surface area contributed by atoms with Crippen molar-refractivity contribution in [2.45, 2.75) is 13.0 Å². The third kappa shape index (κ3) is 3.35. The Hall–Kier alpha value is -1.35. The predicted octanol–water partition coefficient (Wildman–Crippen LogP) is 3.77. The highest BCUT2D eigenvalue weighted by atomic mass is 79.9. The fourth-order valence-electron chi connectivity index (χ4n) is 1.67. The first-order chi connectivity index (χ1) is 9.13. The van der Waals surface area contributed by atoms with Crippen LogP contribution in [0.15, 0.2) is 34.1 Å². The van der Waals surface area contributed by atoms with E-state index in [-0.39, 0.29) is 6.10 Å². The van der Waals surface area contributed by atoms with Gasteiger partial charge in [-0.15, -0.1) is 11.3 Å². The average molecular weight is 337 g/mol. The first kappa shape index (κ1) is 14.1. The largest absolute Gasteiger partial charge is 0.483 e. The number of rotatable bonds is 4. The van der Waals surface area contributed by atoms with Crippen LogP contribution >= 0.6 is 27.3 Å². The van der Waals surface area contributed by atoms with Gasteiger partial charge >= 0.3 is 0 Å². The number of hydrogen-bond acceptors (Lipinski definition) is 4. The maximum Gasteiger partial charge on any atom is 0.145 e. The molecule has 0 amide bonds. The first-order valence-electron chi connectivity index (χ1n) is 5.75. The Bertz CT molecular complexity index is 618. The number of hydrogen-bond donors (Lipinski definition) is 1. The van der Waals surface area contributed by atoms with Crippen LogP contribution in [-0.4, -0.2) is 6.54 Å². The number of thiophene rings is 1. The van der Waals surface area contributed by atoms with Crippen molar-refractivity contribution in [2.75, 3.05) is 6.54 Å². The van der Waals surface area contributed by atoms with Crippen molar-refractivity contribution in [2.24, 2.45) is 5.73 Å². The zero-order valence-corrected chi connectivity index (χ0v) is 12.8. The summed E-state index contributed by atoms with van der Waals surface area (Å²) in [4.78, 5) is 1.07. The Morgan fingerprint density at radius 1 is 1.47 bits per heavy atom. The number of nitriles is 1. The standard InChI is InChI=1S/C14H13BrN2OS/c1-9-2-3-10(6-16)4-12(9)18-13(7-17)14-5-11(15)8-19-14/h2-5,8,13H,7,17H2,1H3. The van der Waals surface area contributed by atoms with Crippen molar-refractivity contribution < 1.29 is 4.74 Å². The van der Waals surface area contributed by atoms with Crippen molar-refractivity contribution in [3.8, 4) is 11.8 Å². The van der Waals surface area contributed by atoms with Crippen LogP contribution in [0.2, 0.25) is 0 Å². The van der Waals surface area contributed by atoms with E-state index in [9.17, 15) is 0 Å². The molecule has 98 valence electrons. The van der Waals surface area contributed by atoms with Gasteiger partial charge in [-0.1, -0.05) is 6.07 Å². The monoisotopic (exact) mass is 336 g/mol. The van der Waals surface area contributed by atoms with Crippen molar-refractivity contribution >= 4 is 27.3 Å². The number of halogens is 1. The minimum absolute atomic E-state index is 0.191. The van der Waals surface area contributed by atoms with E-state index in [4.69, 9.17) is 15.7 Å². The fraction of sp³-hybridized carbons (Fsp3) is 0.214. The lowest BCUT2D eigenvalue weighted by Gasteiger charge is -2.17. The summed E-state index contributed by atoms with van der Waals surface area (Å²) in [6, 6.07) is 9.53. The minimum atomic E-state index is -0.191. The Morgan fingerprint density at radius 3 is 2.84 bits per heavy atom. The van der Waals surface area contributed by atoms with Crippen LogP contribution in [0.5, 0.6) is 5.75 Å². The van der Waals surface area contributed by atoms with E-state index in [0.29, 0.717) is 17.9 Å². The Morgan fingerprint density at radius 2 is 2.26 bits per heavy atom. The third-order valence-corrected chi connectivity index (χ3v) is 4.49. The molecule has 5 heteroatoms. The van der Waals surface area contributed by atoms with Crippen molar-refractivity contribution in [1.82, 2.24) is 0 Å². The van der Waals surface area contributed by atoms with Gasteiger partial charge in [0.2, 0.25) is 0 Å². The summed E-state index contributed by atoms with van der Waals surface area (Å²) in [7, 11) is 0. The van der Waals surface area contributed by atoms with Crippen LogP contribution in [0.3, 0.4) is 0 Å². The van der Waals surface area contributed by atoms with Crippen LogP contribution in [0.1, 0.15) is 22.1 Å². The van der Waals surface area contributed by atoms with E-state index in [1.807, 2.05) is 24.4 Å². The lowest BCUT2D eigenvalue weighted by atomic mass is 10.1. The van der Waals surface area contributed by atoms with E-state index < -0.39 is 0 Å². The second-order valence-electron chi connectivity index (χ2n) is 4.10. The molecule has 2 aromatic rings. The summed E-state index contributed by atoms with van der Waals surface area (Å²) in [5, 5.41) is 10.9. The number of aryl methyl sites for hydroxylation is 1. The van der Waals surface area contributed by atoms with Crippen LogP contribution in [0.25, 0.3) is 0 Å². The zero-order chi connectivity index (χ0) is 13.8. The molecule has 1 atom stereocenters. The quantitative estimate of drug-likeness (QED) is 0.924. The Labute approximate surface area is 124 Å². The molecule has 1 aromatic carbocycles. The number of benzene rings is 1. The predicted molar refractivity (Wildman–Crippen MR) is 80.3 cm³/mol. The second-order valence-corrected chi connectivity index (χ2v) is 5.96. The minimum Gasteiger partial charge on any atom is -0.483 e. The van der Waals surface area contributed by atoms with Crippen LogP contribution in [0, 0.1) is 18.3 Å². The second kappa shape index (κ2) is 6.20. The molecule has 2 N–H and O–H groups in total. The van der Waals surface area contributed by atoms with Crippen molar-refractivity contribution in [3.63, 3.8) is 0 Å².